The van der Waals surface area contributed by atoms with E-state index in [1.807, 2.05) is 11.4 Å². The molecule has 0 aliphatic rings. The molecule has 0 radical (unpaired) electrons. The zero-order valence-corrected chi connectivity index (χ0v) is 10.8. The van der Waals surface area contributed by atoms with Crippen LogP contribution in [0.2, 0.25) is 0 Å². The lowest BCUT2D eigenvalue weighted by Gasteiger charge is -2.15. The van der Waals surface area contributed by atoms with Crippen LogP contribution in [0.5, 0.6) is 0 Å². The highest BCUT2D eigenvalue weighted by atomic mass is 79.9. The van der Waals surface area contributed by atoms with E-state index < -0.39 is 12.6 Å². The maximum atomic E-state index is 12.0. The van der Waals surface area contributed by atoms with Gasteiger partial charge in [0, 0.05) is 15.8 Å². The molecule has 0 spiro atoms. The summed E-state index contributed by atoms with van der Waals surface area (Å²) in [4.78, 5) is 0.935. The molecule has 0 amide bonds. The van der Waals surface area contributed by atoms with Crippen LogP contribution in [0.4, 0.5) is 13.2 Å². The molecule has 92 valence electrons. The minimum Gasteiger partial charge on any atom is -0.271 e. The summed E-state index contributed by atoms with van der Waals surface area (Å²) in [6.45, 7) is 0. The fourth-order valence-corrected chi connectivity index (χ4v) is 3.10. The molecule has 1 aromatic rings. The molecule has 3 N–H and O–H groups in total. The average Bonchev–Trinajstić information content (AvgIpc) is 2.58. The SMILES string of the molecule is NNC(CCCC(F)(F)F)c1sccc1Br. The third-order valence-electron chi connectivity index (χ3n) is 2.12. The number of alkyl halides is 3. The molecular weight excluding hydrogens is 305 g/mol. The summed E-state index contributed by atoms with van der Waals surface area (Å²) in [5, 5.41) is 1.87. The van der Waals surface area contributed by atoms with Crippen LogP contribution in [-0.4, -0.2) is 6.18 Å². The van der Waals surface area contributed by atoms with E-state index in [2.05, 4.69) is 21.4 Å². The smallest absolute Gasteiger partial charge is 0.271 e. The van der Waals surface area contributed by atoms with E-state index in [1.54, 1.807) is 0 Å². The van der Waals surface area contributed by atoms with Gasteiger partial charge in [-0.05, 0) is 40.2 Å². The maximum Gasteiger partial charge on any atom is 0.389 e. The van der Waals surface area contributed by atoms with E-state index in [0.717, 1.165) is 9.35 Å². The number of hydrazine groups is 1. The van der Waals surface area contributed by atoms with Crippen LogP contribution >= 0.6 is 27.3 Å². The van der Waals surface area contributed by atoms with E-state index in [9.17, 15) is 13.2 Å². The highest BCUT2D eigenvalue weighted by Crippen LogP contribution is 2.32. The molecule has 1 rings (SSSR count). The van der Waals surface area contributed by atoms with Crippen LogP contribution in [0, 0.1) is 0 Å². The van der Waals surface area contributed by atoms with Crippen molar-refractivity contribution in [2.75, 3.05) is 0 Å². The van der Waals surface area contributed by atoms with Crippen LogP contribution < -0.4 is 11.3 Å². The van der Waals surface area contributed by atoms with Crippen LogP contribution in [0.1, 0.15) is 30.2 Å². The van der Waals surface area contributed by atoms with Crippen molar-refractivity contribution in [1.29, 1.82) is 0 Å². The minimum absolute atomic E-state index is 0.0721. The van der Waals surface area contributed by atoms with Crippen molar-refractivity contribution in [3.05, 3.63) is 20.8 Å². The van der Waals surface area contributed by atoms with Gasteiger partial charge in [-0.1, -0.05) is 0 Å². The van der Waals surface area contributed by atoms with Gasteiger partial charge in [0.1, 0.15) is 0 Å². The van der Waals surface area contributed by atoms with Gasteiger partial charge in [0.15, 0.2) is 0 Å². The van der Waals surface area contributed by atoms with E-state index in [0.29, 0.717) is 6.42 Å². The number of hydrogen-bond donors (Lipinski definition) is 2. The molecule has 0 aliphatic carbocycles. The molecule has 0 saturated heterocycles. The Balaban J connectivity index is 2.48. The molecule has 16 heavy (non-hydrogen) atoms. The number of thiophene rings is 1. The second-order valence-electron chi connectivity index (χ2n) is 3.36. The van der Waals surface area contributed by atoms with Crippen LogP contribution in [0.25, 0.3) is 0 Å². The first-order valence-corrected chi connectivity index (χ1v) is 6.37. The fourth-order valence-electron chi connectivity index (χ4n) is 1.35. The predicted octanol–water partition coefficient (Wildman–Crippen LogP) is 3.75. The Morgan fingerprint density at radius 1 is 1.50 bits per heavy atom. The third kappa shape index (κ3) is 4.40. The second kappa shape index (κ2) is 6.00. The van der Waals surface area contributed by atoms with Crippen molar-refractivity contribution in [1.82, 2.24) is 5.43 Å². The van der Waals surface area contributed by atoms with Gasteiger partial charge in [-0.2, -0.15) is 13.2 Å². The Labute approximate surface area is 104 Å². The highest BCUT2D eigenvalue weighted by molar-refractivity contribution is 9.10. The summed E-state index contributed by atoms with van der Waals surface area (Å²) in [7, 11) is 0. The zero-order chi connectivity index (χ0) is 12.2. The monoisotopic (exact) mass is 316 g/mol. The number of halogens is 4. The van der Waals surface area contributed by atoms with Crippen LogP contribution in [0.15, 0.2) is 15.9 Å². The van der Waals surface area contributed by atoms with Crippen molar-refractivity contribution in [3.63, 3.8) is 0 Å². The molecule has 0 fully saturated rings. The van der Waals surface area contributed by atoms with E-state index in [1.165, 1.54) is 11.3 Å². The standard InChI is InChI=1S/C9H12BrF3N2S/c10-6-3-5-16-8(6)7(15-14)2-1-4-9(11,12)13/h3,5,7,15H,1-2,4,14H2. The fraction of sp³-hybridized carbons (Fsp3) is 0.556. The topological polar surface area (TPSA) is 38.0 Å². The Bertz CT molecular complexity index is 327. The maximum absolute atomic E-state index is 12.0. The van der Waals surface area contributed by atoms with E-state index in [4.69, 9.17) is 5.84 Å². The molecule has 0 aromatic carbocycles. The summed E-state index contributed by atoms with van der Waals surface area (Å²) in [6.07, 6.45) is -4.42. The first kappa shape index (κ1) is 14.0. The second-order valence-corrected chi connectivity index (χ2v) is 5.16. The van der Waals surface area contributed by atoms with E-state index in [-0.39, 0.29) is 12.5 Å². The molecule has 0 aliphatic heterocycles. The molecule has 7 heteroatoms. The third-order valence-corrected chi connectivity index (χ3v) is 4.10. The number of nitrogens with two attached hydrogens (primary N) is 1. The van der Waals surface area contributed by atoms with Gasteiger partial charge in [0.25, 0.3) is 0 Å². The van der Waals surface area contributed by atoms with Crippen molar-refractivity contribution in [3.8, 4) is 0 Å². The molecule has 2 nitrogen and oxygen atoms in total. The lowest BCUT2D eigenvalue weighted by Crippen LogP contribution is -2.27. The van der Waals surface area contributed by atoms with Gasteiger partial charge >= 0.3 is 6.18 Å². The first-order valence-electron chi connectivity index (χ1n) is 4.70. The summed E-state index contributed by atoms with van der Waals surface area (Å²) >= 11 is 4.80. The number of rotatable bonds is 5. The predicted molar refractivity (Wildman–Crippen MR) is 62.0 cm³/mol. The summed E-state index contributed by atoms with van der Waals surface area (Å²) < 4.78 is 36.8. The molecule has 0 bridgehead atoms. The highest BCUT2D eigenvalue weighted by Gasteiger charge is 2.27. The number of nitrogens with one attached hydrogen (secondary N) is 1. The van der Waals surface area contributed by atoms with Gasteiger partial charge in [0.05, 0.1) is 6.04 Å². The van der Waals surface area contributed by atoms with Crippen molar-refractivity contribution in [2.24, 2.45) is 5.84 Å². The molecule has 0 saturated carbocycles. The molecular formula is C9H12BrF3N2S. The Morgan fingerprint density at radius 3 is 2.62 bits per heavy atom. The van der Waals surface area contributed by atoms with Gasteiger partial charge in [-0.15, -0.1) is 11.3 Å². The quantitative estimate of drug-likeness (QED) is 0.641. The normalized spacial score (nSPS) is 14.1. The van der Waals surface area contributed by atoms with Gasteiger partial charge < -0.3 is 0 Å². The largest absolute Gasteiger partial charge is 0.389 e. The summed E-state index contributed by atoms with van der Waals surface area (Å²) in [5.74, 6) is 5.34. The molecule has 1 atom stereocenters. The van der Waals surface area contributed by atoms with Crippen molar-refractivity contribution < 1.29 is 13.2 Å². The average molecular weight is 317 g/mol. The van der Waals surface area contributed by atoms with Gasteiger partial charge in [-0.3, -0.25) is 11.3 Å². The molecule has 1 unspecified atom stereocenters. The van der Waals surface area contributed by atoms with Gasteiger partial charge in [-0.25, -0.2) is 0 Å². The first-order chi connectivity index (χ1) is 7.44. The van der Waals surface area contributed by atoms with Crippen LogP contribution in [0.3, 0.4) is 0 Å². The Hall–Kier alpha value is -0.110. The summed E-state index contributed by atoms with van der Waals surface area (Å²) in [6, 6.07) is 1.63. The van der Waals surface area contributed by atoms with E-state index >= 15 is 0 Å². The molecule has 1 aromatic heterocycles. The Morgan fingerprint density at radius 2 is 2.19 bits per heavy atom. The Kier molecular flexibility index (Phi) is 5.23. The van der Waals surface area contributed by atoms with Crippen LogP contribution in [-0.2, 0) is 0 Å². The van der Waals surface area contributed by atoms with Crippen molar-refractivity contribution >= 4 is 27.3 Å². The minimum atomic E-state index is -4.09. The summed E-state index contributed by atoms with van der Waals surface area (Å²) in [5.41, 5.74) is 2.54. The van der Waals surface area contributed by atoms with Gasteiger partial charge in [0.2, 0.25) is 0 Å². The molecule has 1 heterocycles. The zero-order valence-electron chi connectivity index (χ0n) is 8.35. The lowest BCUT2D eigenvalue weighted by atomic mass is 10.1. The number of hydrogen-bond acceptors (Lipinski definition) is 3. The van der Waals surface area contributed by atoms with Crippen molar-refractivity contribution in [2.45, 2.75) is 31.5 Å². The lowest BCUT2D eigenvalue weighted by molar-refractivity contribution is -0.135.